The number of halogens is 1. The number of aliphatic carboxylic acids is 1. The predicted molar refractivity (Wildman–Crippen MR) is 99.3 cm³/mol. The Morgan fingerprint density at radius 2 is 1.68 bits per heavy atom. The number of hydrogen-bond acceptors (Lipinski definition) is 2. The lowest BCUT2D eigenvalue weighted by atomic mass is 9.90. The van der Waals surface area contributed by atoms with Crippen molar-refractivity contribution in [1.82, 2.24) is 0 Å². The van der Waals surface area contributed by atoms with Gasteiger partial charge in [-0.2, -0.15) is 0 Å². The van der Waals surface area contributed by atoms with E-state index in [9.17, 15) is 9.18 Å². The van der Waals surface area contributed by atoms with Gasteiger partial charge < -0.3 is 10.8 Å². The summed E-state index contributed by atoms with van der Waals surface area (Å²) in [7, 11) is 0. The van der Waals surface area contributed by atoms with Crippen molar-refractivity contribution in [2.45, 2.75) is 53.0 Å². The SMILES string of the molecule is Cc1cc(C)c(-c2cc(C)c(F)c(CC[C@H](N)CC(=O)O)c2)c(C)c1. The lowest BCUT2D eigenvalue weighted by Gasteiger charge is -2.16. The molecule has 0 bridgehead atoms. The third-order valence-electron chi connectivity index (χ3n) is 4.52. The molecule has 0 aliphatic carbocycles. The number of carboxylic acids is 1. The molecular weight excluding hydrogens is 317 g/mol. The zero-order chi connectivity index (χ0) is 18.7. The molecule has 0 aliphatic rings. The van der Waals surface area contributed by atoms with Gasteiger partial charge in [-0.25, -0.2) is 4.39 Å². The highest BCUT2D eigenvalue weighted by molar-refractivity contribution is 5.72. The van der Waals surface area contributed by atoms with Crippen LogP contribution in [0.3, 0.4) is 0 Å². The summed E-state index contributed by atoms with van der Waals surface area (Å²) in [6.45, 7) is 7.96. The summed E-state index contributed by atoms with van der Waals surface area (Å²) in [4.78, 5) is 10.7. The summed E-state index contributed by atoms with van der Waals surface area (Å²) in [6, 6.07) is 7.54. The summed E-state index contributed by atoms with van der Waals surface area (Å²) in [6.07, 6.45) is 0.771. The molecule has 0 saturated carbocycles. The molecule has 25 heavy (non-hydrogen) atoms. The Morgan fingerprint density at radius 3 is 2.24 bits per heavy atom. The first-order valence-corrected chi connectivity index (χ1v) is 8.53. The molecule has 134 valence electrons. The maximum atomic E-state index is 14.5. The first-order valence-electron chi connectivity index (χ1n) is 8.53. The molecule has 0 radical (unpaired) electrons. The van der Waals surface area contributed by atoms with Crippen LogP contribution in [0.1, 0.15) is 40.7 Å². The number of carbonyl (C=O) groups is 1. The van der Waals surface area contributed by atoms with Crippen LogP contribution in [0.25, 0.3) is 11.1 Å². The molecule has 2 aromatic rings. The molecular formula is C21H26FNO2. The highest BCUT2D eigenvalue weighted by Crippen LogP contribution is 2.31. The fraction of sp³-hybridized carbons (Fsp3) is 0.381. The summed E-state index contributed by atoms with van der Waals surface area (Å²) >= 11 is 0. The first-order chi connectivity index (χ1) is 11.7. The summed E-state index contributed by atoms with van der Waals surface area (Å²) in [5.41, 5.74) is 12.7. The van der Waals surface area contributed by atoms with E-state index < -0.39 is 12.0 Å². The van der Waals surface area contributed by atoms with Crippen LogP contribution in [0.15, 0.2) is 24.3 Å². The van der Waals surface area contributed by atoms with Crippen molar-refractivity contribution in [2.75, 3.05) is 0 Å². The van der Waals surface area contributed by atoms with Crippen molar-refractivity contribution in [3.05, 3.63) is 57.9 Å². The topological polar surface area (TPSA) is 63.3 Å². The second-order valence-corrected chi connectivity index (χ2v) is 6.94. The Labute approximate surface area is 148 Å². The van der Waals surface area contributed by atoms with Crippen molar-refractivity contribution in [3.63, 3.8) is 0 Å². The van der Waals surface area contributed by atoms with Crippen LogP contribution in [-0.2, 0) is 11.2 Å². The lowest BCUT2D eigenvalue weighted by Crippen LogP contribution is -2.24. The summed E-state index contributed by atoms with van der Waals surface area (Å²) in [5.74, 6) is -1.16. The van der Waals surface area contributed by atoms with Crippen LogP contribution < -0.4 is 5.73 Å². The number of hydrogen-bond donors (Lipinski definition) is 2. The lowest BCUT2D eigenvalue weighted by molar-refractivity contribution is -0.137. The van der Waals surface area contributed by atoms with E-state index in [1.165, 1.54) is 5.56 Å². The minimum Gasteiger partial charge on any atom is -0.481 e. The molecule has 1 atom stereocenters. The Kier molecular flexibility index (Phi) is 5.96. The third-order valence-corrected chi connectivity index (χ3v) is 4.52. The van der Waals surface area contributed by atoms with E-state index in [0.717, 1.165) is 22.3 Å². The predicted octanol–water partition coefficient (Wildman–Crippen LogP) is 4.46. The highest BCUT2D eigenvalue weighted by atomic mass is 19.1. The van der Waals surface area contributed by atoms with Crippen LogP contribution in [0.5, 0.6) is 0 Å². The van der Waals surface area contributed by atoms with E-state index in [4.69, 9.17) is 10.8 Å². The van der Waals surface area contributed by atoms with E-state index in [-0.39, 0.29) is 12.2 Å². The van der Waals surface area contributed by atoms with Crippen LogP contribution in [0, 0.1) is 33.5 Å². The maximum Gasteiger partial charge on any atom is 0.304 e. The standard InChI is InChI=1S/C21H26FNO2/c1-12-7-13(2)20(14(3)8-12)17-9-15(4)21(22)16(10-17)5-6-18(23)11-19(24)25/h7-10,18H,5-6,11,23H2,1-4H3,(H,24,25)/t18-/m0/s1. The molecule has 4 heteroatoms. The number of aryl methyl sites for hydroxylation is 5. The number of rotatable bonds is 6. The van der Waals surface area contributed by atoms with Gasteiger partial charge in [0.15, 0.2) is 0 Å². The molecule has 2 rings (SSSR count). The van der Waals surface area contributed by atoms with Gasteiger partial charge >= 0.3 is 5.97 Å². The molecule has 0 unspecified atom stereocenters. The maximum absolute atomic E-state index is 14.5. The molecule has 0 fully saturated rings. The first kappa shape index (κ1) is 19.1. The van der Waals surface area contributed by atoms with Gasteiger partial charge in [-0.3, -0.25) is 4.79 Å². The van der Waals surface area contributed by atoms with Crippen LogP contribution in [-0.4, -0.2) is 17.1 Å². The monoisotopic (exact) mass is 343 g/mol. The van der Waals surface area contributed by atoms with Crippen molar-refractivity contribution >= 4 is 5.97 Å². The molecule has 2 aromatic carbocycles. The van der Waals surface area contributed by atoms with Gasteiger partial charge in [-0.05, 0) is 86.1 Å². The molecule has 0 saturated heterocycles. The molecule has 0 heterocycles. The second kappa shape index (κ2) is 7.79. The average molecular weight is 343 g/mol. The zero-order valence-corrected chi connectivity index (χ0v) is 15.3. The smallest absolute Gasteiger partial charge is 0.304 e. The second-order valence-electron chi connectivity index (χ2n) is 6.94. The molecule has 3 N–H and O–H groups in total. The van der Waals surface area contributed by atoms with Gasteiger partial charge in [0.05, 0.1) is 6.42 Å². The van der Waals surface area contributed by atoms with Crippen molar-refractivity contribution < 1.29 is 14.3 Å². The van der Waals surface area contributed by atoms with Gasteiger partial charge in [-0.1, -0.05) is 17.7 Å². The van der Waals surface area contributed by atoms with Crippen molar-refractivity contribution in [3.8, 4) is 11.1 Å². The van der Waals surface area contributed by atoms with Gasteiger partial charge in [0, 0.05) is 6.04 Å². The molecule has 0 spiro atoms. The minimum atomic E-state index is -0.927. The molecule has 0 aromatic heterocycles. The molecule has 3 nitrogen and oxygen atoms in total. The normalized spacial score (nSPS) is 12.2. The van der Waals surface area contributed by atoms with E-state index in [1.54, 1.807) is 6.92 Å². The van der Waals surface area contributed by atoms with Crippen LogP contribution >= 0.6 is 0 Å². The van der Waals surface area contributed by atoms with Crippen LogP contribution in [0.2, 0.25) is 0 Å². The number of nitrogens with two attached hydrogens (primary N) is 1. The number of carboxylic acid groups (broad SMARTS) is 1. The quantitative estimate of drug-likeness (QED) is 0.814. The van der Waals surface area contributed by atoms with E-state index >= 15 is 0 Å². The highest BCUT2D eigenvalue weighted by Gasteiger charge is 2.15. The Balaban J connectivity index is 2.37. The average Bonchev–Trinajstić information content (AvgIpc) is 2.47. The fourth-order valence-electron chi connectivity index (χ4n) is 3.47. The molecule has 0 amide bonds. The molecule has 0 aliphatic heterocycles. The number of benzene rings is 2. The minimum absolute atomic E-state index is 0.101. The van der Waals surface area contributed by atoms with Crippen molar-refractivity contribution in [2.24, 2.45) is 5.73 Å². The van der Waals surface area contributed by atoms with E-state index in [0.29, 0.717) is 24.0 Å². The Morgan fingerprint density at radius 1 is 1.08 bits per heavy atom. The van der Waals surface area contributed by atoms with Gasteiger partial charge in [0.1, 0.15) is 5.82 Å². The van der Waals surface area contributed by atoms with Gasteiger partial charge in [-0.15, -0.1) is 0 Å². The van der Waals surface area contributed by atoms with E-state index in [2.05, 4.69) is 32.9 Å². The third kappa shape index (κ3) is 4.67. The van der Waals surface area contributed by atoms with Gasteiger partial charge in [0.2, 0.25) is 0 Å². The largest absolute Gasteiger partial charge is 0.481 e. The zero-order valence-electron chi connectivity index (χ0n) is 15.3. The van der Waals surface area contributed by atoms with Crippen molar-refractivity contribution in [1.29, 1.82) is 0 Å². The summed E-state index contributed by atoms with van der Waals surface area (Å²) in [5, 5.41) is 8.80. The van der Waals surface area contributed by atoms with E-state index in [1.807, 2.05) is 12.1 Å². The Bertz CT molecular complexity index is 776. The Hall–Kier alpha value is -2.20. The van der Waals surface area contributed by atoms with Crippen LogP contribution in [0.4, 0.5) is 4.39 Å². The van der Waals surface area contributed by atoms with Gasteiger partial charge in [0.25, 0.3) is 0 Å². The fourth-order valence-corrected chi connectivity index (χ4v) is 3.47. The summed E-state index contributed by atoms with van der Waals surface area (Å²) < 4.78 is 14.5.